The van der Waals surface area contributed by atoms with E-state index < -0.39 is 23.5 Å². The molecule has 1 aliphatic heterocycles. The average Bonchev–Trinajstić information content (AvgIpc) is 2.61. The molecule has 1 unspecified atom stereocenters. The minimum absolute atomic E-state index is 0.0390. The van der Waals surface area contributed by atoms with Crippen molar-refractivity contribution in [3.05, 3.63) is 29.5 Å². The van der Waals surface area contributed by atoms with Crippen LogP contribution in [0.3, 0.4) is 0 Å². The topological polar surface area (TPSA) is 111 Å². The standard InChI is InChI=1S/C18H20F3N5O3/c1-10-5-11(18(19,20)21)6-14(27)16(10)13-7-22-17(25-24-13)23-12-3-2-4-26(8-12)9-15(28)29/h5-7,12,27H,2-4,8-9H2,1H3,(H,28,29)(H,22,23,25). The maximum absolute atomic E-state index is 12.9. The lowest BCUT2D eigenvalue weighted by Crippen LogP contribution is -2.44. The molecule has 0 bridgehead atoms. The van der Waals surface area contributed by atoms with Gasteiger partial charge in [0.2, 0.25) is 5.95 Å². The van der Waals surface area contributed by atoms with Crippen LogP contribution in [0, 0.1) is 6.92 Å². The van der Waals surface area contributed by atoms with Crippen LogP contribution in [0.5, 0.6) is 5.75 Å². The van der Waals surface area contributed by atoms with Crippen molar-refractivity contribution in [2.24, 2.45) is 0 Å². The Labute approximate surface area is 164 Å². The van der Waals surface area contributed by atoms with Crippen LogP contribution in [-0.2, 0) is 11.0 Å². The highest BCUT2D eigenvalue weighted by atomic mass is 19.4. The molecule has 0 aliphatic carbocycles. The first-order valence-corrected chi connectivity index (χ1v) is 8.95. The van der Waals surface area contributed by atoms with Gasteiger partial charge in [-0.2, -0.15) is 13.2 Å². The number of carbonyl (C=O) groups is 1. The van der Waals surface area contributed by atoms with Gasteiger partial charge in [-0.3, -0.25) is 9.69 Å². The van der Waals surface area contributed by atoms with Crippen LogP contribution in [0.2, 0.25) is 0 Å². The molecule has 29 heavy (non-hydrogen) atoms. The molecule has 0 spiro atoms. The Hall–Kier alpha value is -2.95. The lowest BCUT2D eigenvalue weighted by Gasteiger charge is -2.31. The zero-order valence-corrected chi connectivity index (χ0v) is 15.6. The molecule has 2 heterocycles. The van der Waals surface area contributed by atoms with Crippen molar-refractivity contribution in [2.75, 3.05) is 25.0 Å². The lowest BCUT2D eigenvalue weighted by atomic mass is 10.0. The average molecular weight is 411 g/mol. The Kier molecular flexibility index (Phi) is 5.87. The fraction of sp³-hybridized carbons (Fsp3) is 0.444. The molecule has 0 amide bonds. The van der Waals surface area contributed by atoms with Crippen LogP contribution in [0.15, 0.2) is 18.3 Å². The number of anilines is 1. The number of benzene rings is 1. The van der Waals surface area contributed by atoms with Crippen LogP contribution < -0.4 is 5.32 Å². The molecule has 2 aromatic rings. The molecule has 1 saturated heterocycles. The predicted molar refractivity (Wildman–Crippen MR) is 97.4 cm³/mol. The van der Waals surface area contributed by atoms with Crippen LogP contribution in [-0.4, -0.2) is 61.9 Å². The molecule has 0 saturated carbocycles. The van der Waals surface area contributed by atoms with Crippen molar-refractivity contribution in [3.63, 3.8) is 0 Å². The number of rotatable bonds is 5. The molecule has 3 rings (SSSR count). The number of aromatic hydroxyl groups is 1. The summed E-state index contributed by atoms with van der Waals surface area (Å²) in [6, 6.07) is 1.54. The van der Waals surface area contributed by atoms with Crippen molar-refractivity contribution in [2.45, 2.75) is 32.0 Å². The number of aromatic nitrogens is 3. The van der Waals surface area contributed by atoms with Gasteiger partial charge in [0.15, 0.2) is 0 Å². The maximum Gasteiger partial charge on any atom is 0.416 e. The summed E-state index contributed by atoms with van der Waals surface area (Å²) in [6.45, 7) is 2.63. The zero-order valence-electron chi connectivity index (χ0n) is 15.6. The van der Waals surface area contributed by atoms with Crippen molar-refractivity contribution in [1.82, 2.24) is 20.1 Å². The van der Waals surface area contributed by atoms with Gasteiger partial charge in [0.25, 0.3) is 0 Å². The Balaban J connectivity index is 1.73. The molecule has 1 aromatic heterocycles. The second-order valence-electron chi connectivity index (χ2n) is 6.96. The molecule has 8 nitrogen and oxygen atoms in total. The molecule has 11 heteroatoms. The Morgan fingerprint density at radius 2 is 2.10 bits per heavy atom. The number of likely N-dealkylation sites (tertiary alicyclic amines) is 1. The SMILES string of the molecule is Cc1cc(C(F)(F)F)cc(O)c1-c1cnc(NC2CCCN(CC(=O)O)C2)nn1. The summed E-state index contributed by atoms with van der Waals surface area (Å²) in [5.74, 6) is -1.22. The number of phenolic OH excluding ortho intramolecular Hbond substituents is 1. The Bertz CT molecular complexity index is 866. The fourth-order valence-corrected chi connectivity index (χ4v) is 3.41. The first-order valence-electron chi connectivity index (χ1n) is 8.95. The van der Waals surface area contributed by atoms with E-state index >= 15 is 0 Å². The summed E-state index contributed by atoms with van der Waals surface area (Å²) in [5.41, 5.74) is -0.463. The minimum Gasteiger partial charge on any atom is -0.507 e. The van der Waals surface area contributed by atoms with E-state index in [-0.39, 0.29) is 35.4 Å². The zero-order chi connectivity index (χ0) is 21.2. The van der Waals surface area contributed by atoms with Gasteiger partial charge in [-0.15, -0.1) is 10.2 Å². The van der Waals surface area contributed by atoms with E-state index in [9.17, 15) is 23.1 Å². The van der Waals surface area contributed by atoms with Gasteiger partial charge in [0, 0.05) is 18.2 Å². The van der Waals surface area contributed by atoms with Crippen LogP contribution in [0.4, 0.5) is 19.1 Å². The molecule has 3 N–H and O–H groups in total. The number of alkyl halides is 3. The van der Waals surface area contributed by atoms with E-state index in [1.165, 1.54) is 13.1 Å². The first kappa shape index (κ1) is 20.8. The Morgan fingerprint density at radius 3 is 2.69 bits per heavy atom. The van der Waals surface area contributed by atoms with Gasteiger partial charge < -0.3 is 15.5 Å². The number of aryl methyl sites for hydroxylation is 1. The number of phenols is 1. The third-order valence-electron chi connectivity index (χ3n) is 4.66. The molecule has 1 aromatic carbocycles. The molecule has 1 fully saturated rings. The van der Waals surface area contributed by atoms with Crippen LogP contribution in [0.25, 0.3) is 11.3 Å². The van der Waals surface area contributed by atoms with Crippen molar-refractivity contribution in [3.8, 4) is 17.0 Å². The smallest absolute Gasteiger partial charge is 0.416 e. The second kappa shape index (κ2) is 8.19. The highest BCUT2D eigenvalue weighted by molar-refractivity contribution is 5.71. The summed E-state index contributed by atoms with van der Waals surface area (Å²) in [5, 5.41) is 30.0. The summed E-state index contributed by atoms with van der Waals surface area (Å²) in [6.07, 6.45) is -1.59. The molecule has 156 valence electrons. The number of halogens is 3. The molecule has 1 atom stereocenters. The van der Waals surface area contributed by atoms with Gasteiger partial charge in [0.1, 0.15) is 11.4 Å². The normalized spacial score (nSPS) is 17.9. The monoisotopic (exact) mass is 411 g/mol. The van der Waals surface area contributed by atoms with E-state index in [1.54, 1.807) is 0 Å². The largest absolute Gasteiger partial charge is 0.507 e. The second-order valence-corrected chi connectivity index (χ2v) is 6.96. The van der Waals surface area contributed by atoms with Crippen molar-refractivity contribution >= 4 is 11.9 Å². The molecule has 0 radical (unpaired) electrons. The third-order valence-corrected chi connectivity index (χ3v) is 4.66. The van der Waals surface area contributed by atoms with Crippen LogP contribution >= 0.6 is 0 Å². The van der Waals surface area contributed by atoms with Gasteiger partial charge in [-0.1, -0.05) is 0 Å². The van der Waals surface area contributed by atoms with Crippen molar-refractivity contribution in [1.29, 1.82) is 0 Å². The molecular weight excluding hydrogens is 391 g/mol. The van der Waals surface area contributed by atoms with E-state index in [0.29, 0.717) is 19.2 Å². The minimum atomic E-state index is -4.56. The summed E-state index contributed by atoms with van der Waals surface area (Å²) in [4.78, 5) is 16.8. The number of carboxylic acids is 1. The number of aliphatic carboxylic acids is 1. The summed E-state index contributed by atoms with van der Waals surface area (Å²) in [7, 11) is 0. The summed E-state index contributed by atoms with van der Waals surface area (Å²) >= 11 is 0. The van der Waals surface area contributed by atoms with E-state index in [4.69, 9.17) is 5.11 Å². The van der Waals surface area contributed by atoms with Gasteiger partial charge in [0.05, 0.1) is 18.3 Å². The first-order chi connectivity index (χ1) is 13.6. The van der Waals surface area contributed by atoms with Gasteiger partial charge in [-0.25, -0.2) is 4.98 Å². The molecule has 1 aliphatic rings. The number of hydrogen-bond donors (Lipinski definition) is 3. The number of hydrogen-bond acceptors (Lipinski definition) is 7. The highest BCUT2D eigenvalue weighted by Crippen LogP contribution is 2.38. The van der Waals surface area contributed by atoms with E-state index in [0.717, 1.165) is 18.9 Å². The number of piperidine rings is 1. The van der Waals surface area contributed by atoms with E-state index in [1.807, 2.05) is 4.90 Å². The highest BCUT2D eigenvalue weighted by Gasteiger charge is 2.32. The van der Waals surface area contributed by atoms with Crippen LogP contribution in [0.1, 0.15) is 24.0 Å². The van der Waals surface area contributed by atoms with Gasteiger partial charge in [-0.05, 0) is 44.0 Å². The molecular formula is C18H20F3N5O3. The summed E-state index contributed by atoms with van der Waals surface area (Å²) < 4.78 is 38.6. The maximum atomic E-state index is 12.9. The number of nitrogens with zero attached hydrogens (tertiary/aromatic N) is 4. The fourth-order valence-electron chi connectivity index (χ4n) is 3.41. The number of nitrogens with one attached hydrogen (secondary N) is 1. The van der Waals surface area contributed by atoms with Crippen molar-refractivity contribution < 1.29 is 28.2 Å². The van der Waals surface area contributed by atoms with Gasteiger partial charge >= 0.3 is 12.1 Å². The number of carboxylic acid groups (broad SMARTS) is 1. The quantitative estimate of drug-likeness (QED) is 0.688. The Morgan fingerprint density at radius 1 is 1.34 bits per heavy atom. The third kappa shape index (κ3) is 5.11. The van der Waals surface area contributed by atoms with E-state index in [2.05, 4.69) is 20.5 Å². The predicted octanol–water partition coefficient (Wildman–Crippen LogP) is 2.53. The lowest BCUT2D eigenvalue weighted by molar-refractivity contribution is -0.139.